The number of oxime groups is 1. The van der Waals surface area contributed by atoms with E-state index in [0.29, 0.717) is 23.0 Å². The van der Waals surface area contributed by atoms with Gasteiger partial charge in [-0.05, 0) is 44.4 Å². The van der Waals surface area contributed by atoms with Gasteiger partial charge in [-0.15, -0.1) is 9.86 Å². The summed E-state index contributed by atoms with van der Waals surface area (Å²) in [6.45, 7) is 0.365. The molecule has 2 rings (SSSR count). The van der Waals surface area contributed by atoms with Gasteiger partial charge in [-0.1, -0.05) is 16.9 Å². The van der Waals surface area contributed by atoms with Crippen LogP contribution in [0, 0.1) is 5.82 Å². The third-order valence-electron chi connectivity index (χ3n) is 2.55. The van der Waals surface area contributed by atoms with Gasteiger partial charge in [0.15, 0.2) is 10.7 Å². The van der Waals surface area contributed by atoms with E-state index in [-0.39, 0.29) is 16.0 Å². The minimum absolute atomic E-state index is 0.0207. The highest BCUT2D eigenvalue weighted by Gasteiger charge is 2.18. The molecule has 1 atom stereocenters. The average molecular weight is 439 g/mol. The highest BCUT2D eigenvalue weighted by molar-refractivity contribution is 9.10. The summed E-state index contributed by atoms with van der Waals surface area (Å²) in [5.41, 5.74) is 0.645. The number of anilines is 1. The first kappa shape index (κ1) is 19.0. The van der Waals surface area contributed by atoms with Crippen molar-refractivity contribution in [1.29, 1.82) is 0 Å². The fraction of sp³-hybridized carbons (Fsp3) is 0.182. The van der Waals surface area contributed by atoms with Gasteiger partial charge >= 0.3 is 0 Å². The molecule has 1 heterocycles. The third kappa shape index (κ3) is 5.32. The molecule has 24 heavy (non-hydrogen) atoms. The molecule has 0 fully saturated rings. The summed E-state index contributed by atoms with van der Waals surface area (Å²) in [5, 5.41) is 28.0. The van der Waals surface area contributed by atoms with Gasteiger partial charge < -0.3 is 15.1 Å². The zero-order valence-corrected chi connectivity index (χ0v) is 15.1. The Kier molecular flexibility index (Phi) is 7.26. The second kappa shape index (κ2) is 9.19. The number of nitrogens with one attached hydrogen (secondary N) is 2. The maximum absolute atomic E-state index is 13.3. The Balaban J connectivity index is 2.05. The van der Waals surface area contributed by atoms with Crippen molar-refractivity contribution in [3.63, 3.8) is 0 Å². The van der Waals surface area contributed by atoms with Crippen molar-refractivity contribution in [3.8, 4) is 0 Å². The molecule has 13 heteroatoms. The largest absolute Gasteiger partial charge is 0.579 e. The Bertz CT molecular complexity index is 717. The van der Waals surface area contributed by atoms with Crippen molar-refractivity contribution in [1.82, 2.24) is 15.0 Å². The standard InChI is InChI=1S/C11H12BrFN6O3S2/c12-7-5-6(1-2-8(7)13)16-10(17-20)9-11(19-22-18-9)23-4-3-15-24(14)21/h1-2,5,15,20H,3-4,14H2,(H,16,17). The van der Waals surface area contributed by atoms with E-state index in [1.807, 2.05) is 0 Å². The molecule has 0 saturated carbocycles. The maximum atomic E-state index is 13.3. The Hall–Kier alpha value is -1.38. The van der Waals surface area contributed by atoms with Crippen LogP contribution in [0.3, 0.4) is 0 Å². The van der Waals surface area contributed by atoms with Crippen LogP contribution in [0.25, 0.3) is 0 Å². The van der Waals surface area contributed by atoms with Gasteiger partial charge in [0, 0.05) is 11.4 Å². The van der Waals surface area contributed by atoms with Gasteiger partial charge in [0.1, 0.15) is 17.4 Å². The van der Waals surface area contributed by atoms with Crippen LogP contribution in [0.1, 0.15) is 5.69 Å². The number of hydrogen-bond acceptors (Lipinski definition) is 9. The summed E-state index contributed by atoms with van der Waals surface area (Å²) < 4.78 is 31.4. The first-order valence-corrected chi connectivity index (χ1v) is 9.30. The lowest BCUT2D eigenvalue weighted by Crippen LogP contribution is -2.32. The van der Waals surface area contributed by atoms with E-state index in [2.05, 4.69) is 46.1 Å². The molecule has 1 unspecified atom stereocenters. The minimum atomic E-state index is -1.59. The normalized spacial score (nSPS) is 13.1. The quantitative estimate of drug-likeness (QED) is 0.0958. The molecule has 1 aromatic heterocycles. The Morgan fingerprint density at radius 1 is 1.54 bits per heavy atom. The summed E-state index contributed by atoms with van der Waals surface area (Å²) in [5.74, 6) is 0.0325. The lowest BCUT2D eigenvalue weighted by Gasteiger charge is -2.07. The van der Waals surface area contributed by atoms with Gasteiger partial charge in [-0.3, -0.25) is 0 Å². The molecule has 9 nitrogen and oxygen atoms in total. The van der Waals surface area contributed by atoms with Crippen molar-refractivity contribution in [2.45, 2.75) is 5.03 Å². The molecule has 0 radical (unpaired) electrons. The van der Waals surface area contributed by atoms with E-state index in [4.69, 9.17) is 5.14 Å². The molecule has 5 N–H and O–H groups in total. The van der Waals surface area contributed by atoms with Gasteiger partial charge in [-0.25, -0.2) is 9.02 Å². The molecule has 0 saturated heterocycles. The van der Waals surface area contributed by atoms with Gasteiger partial charge in [-0.2, -0.15) is 0 Å². The molecule has 0 aliphatic rings. The fourth-order valence-electron chi connectivity index (χ4n) is 1.55. The Morgan fingerprint density at radius 3 is 3.00 bits per heavy atom. The van der Waals surface area contributed by atoms with E-state index in [0.717, 1.165) is 0 Å². The molecular weight excluding hydrogens is 427 g/mol. The number of rotatable bonds is 7. The van der Waals surface area contributed by atoms with Crippen molar-refractivity contribution >= 4 is 50.8 Å². The number of nitrogens with two attached hydrogens (primary N) is 1. The van der Waals surface area contributed by atoms with Crippen LogP contribution in [-0.4, -0.2) is 38.2 Å². The van der Waals surface area contributed by atoms with Crippen molar-refractivity contribution in [3.05, 3.63) is 34.2 Å². The summed E-state index contributed by atoms with van der Waals surface area (Å²) in [6.07, 6.45) is 0. The van der Waals surface area contributed by atoms with Crippen LogP contribution in [0.4, 0.5) is 10.1 Å². The molecule has 0 bridgehead atoms. The van der Waals surface area contributed by atoms with Crippen LogP contribution < -0.4 is 15.2 Å². The van der Waals surface area contributed by atoms with Crippen LogP contribution in [0.5, 0.6) is 0 Å². The second-order valence-corrected chi connectivity index (χ2v) is 6.98. The number of aromatic nitrogens is 2. The zero-order valence-electron chi connectivity index (χ0n) is 11.9. The predicted molar refractivity (Wildman–Crippen MR) is 91.4 cm³/mol. The smallest absolute Gasteiger partial charge is 0.202 e. The van der Waals surface area contributed by atoms with Crippen LogP contribution in [-0.2, 0) is 11.5 Å². The van der Waals surface area contributed by atoms with Crippen LogP contribution >= 0.6 is 27.7 Å². The fourth-order valence-corrected chi connectivity index (χ4v) is 3.12. The molecule has 0 aliphatic carbocycles. The van der Waals surface area contributed by atoms with Crippen molar-refractivity contribution in [2.24, 2.45) is 10.3 Å². The molecule has 2 aromatic rings. The summed E-state index contributed by atoms with van der Waals surface area (Å²) in [7, 11) is 0. The van der Waals surface area contributed by atoms with Gasteiger partial charge in [0.25, 0.3) is 0 Å². The Morgan fingerprint density at radius 2 is 2.33 bits per heavy atom. The minimum Gasteiger partial charge on any atom is -0.579 e. The maximum Gasteiger partial charge on any atom is 0.202 e. The Labute approximate surface area is 151 Å². The van der Waals surface area contributed by atoms with Gasteiger partial charge in [0.2, 0.25) is 5.84 Å². The van der Waals surface area contributed by atoms with Crippen LogP contribution in [0.2, 0.25) is 0 Å². The first-order chi connectivity index (χ1) is 11.5. The summed E-state index contributed by atoms with van der Waals surface area (Å²) in [4.78, 5) is 0. The van der Waals surface area contributed by atoms with E-state index in [1.54, 1.807) is 0 Å². The number of amidine groups is 1. The first-order valence-electron chi connectivity index (χ1n) is 6.30. The topological polar surface area (TPSA) is 145 Å². The van der Waals surface area contributed by atoms with E-state index < -0.39 is 17.4 Å². The molecule has 0 amide bonds. The van der Waals surface area contributed by atoms with Gasteiger partial charge in [0.05, 0.1) is 11.0 Å². The van der Waals surface area contributed by atoms with E-state index in [1.165, 1.54) is 30.0 Å². The van der Waals surface area contributed by atoms with Crippen LogP contribution in [0.15, 0.2) is 37.5 Å². The average Bonchev–Trinajstić information content (AvgIpc) is 3.00. The third-order valence-corrected chi connectivity index (χ3v) is 4.60. The van der Waals surface area contributed by atoms with E-state index in [9.17, 15) is 14.2 Å². The molecular formula is C11H12BrFN6O3S2. The number of halogens is 2. The van der Waals surface area contributed by atoms with E-state index >= 15 is 0 Å². The SMILES string of the molecule is N[S+]([O-])NCCSc1nonc1/C(=N/O)Nc1ccc(F)c(Br)c1. The molecule has 130 valence electrons. The lowest BCUT2D eigenvalue weighted by molar-refractivity contribution is 0.297. The number of thioether (sulfide) groups is 1. The zero-order chi connectivity index (χ0) is 17.5. The summed E-state index contributed by atoms with van der Waals surface area (Å²) >= 11 is 2.71. The number of benzene rings is 1. The number of hydrogen-bond donors (Lipinski definition) is 4. The second-order valence-electron chi connectivity index (χ2n) is 4.16. The lowest BCUT2D eigenvalue weighted by atomic mass is 10.3. The highest BCUT2D eigenvalue weighted by atomic mass is 79.9. The molecule has 0 spiro atoms. The monoisotopic (exact) mass is 438 g/mol. The molecule has 0 aliphatic heterocycles. The van der Waals surface area contributed by atoms with Crippen molar-refractivity contribution < 1.29 is 18.8 Å². The summed E-state index contributed by atoms with van der Waals surface area (Å²) in [6, 6.07) is 4.18. The number of nitrogens with zero attached hydrogens (tertiary/aromatic N) is 3. The predicted octanol–water partition coefficient (Wildman–Crippen LogP) is 1.44. The highest BCUT2D eigenvalue weighted by Crippen LogP contribution is 2.23. The van der Waals surface area contributed by atoms with Crippen molar-refractivity contribution in [2.75, 3.05) is 17.6 Å². The molecule has 1 aromatic carbocycles.